The van der Waals surface area contributed by atoms with Gasteiger partial charge < -0.3 is 10.3 Å². The maximum Gasteiger partial charge on any atom is 0.0250 e. The zero-order chi connectivity index (χ0) is 7.98. The van der Waals surface area contributed by atoms with Gasteiger partial charge in [-0.05, 0) is 19.4 Å². The lowest BCUT2D eigenvalue weighted by Crippen LogP contribution is -2.22. The van der Waals surface area contributed by atoms with E-state index in [1.807, 2.05) is 13.2 Å². The molecule has 0 spiro atoms. The molecule has 10 heavy (non-hydrogen) atoms. The lowest BCUT2D eigenvalue weighted by atomic mass is 10.2. The van der Waals surface area contributed by atoms with E-state index >= 15 is 0 Å². The topological polar surface area (TPSA) is 27.1 Å². The highest BCUT2D eigenvalue weighted by molar-refractivity contribution is 5.67. The monoisotopic (exact) mass is 140 g/mol. The summed E-state index contributed by atoms with van der Waals surface area (Å²) in [6, 6.07) is 0.566. The van der Waals surface area contributed by atoms with Crippen LogP contribution in [0.2, 0.25) is 0 Å². The molecule has 0 heterocycles. The van der Waals surface area contributed by atoms with Crippen LogP contribution in [0, 0.1) is 5.41 Å². The maximum atomic E-state index is 6.76. The van der Waals surface area contributed by atoms with Crippen molar-refractivity contribution >= 4 is 6.21 Å². The van der Waals surface area contributed by atoms with E-state index in [-0.39, 0.29) is 0 Å². The predicted octanol–water partition coefficient (Wildman–Crippen LogP) is 1.88. The van der Waals surface area contributed by atoms with Gasteiger partial charge in [0, 0.05) is 25.5 Å². The first-order chi connectivity index (χ1) is 4.72. The van der Waals surface area contributed by atoms with Crippen molar-refractivity contribution in [3.05, 3.63) is 12.3 Å². The Balaban J connectivity index is 3.70. The Hall–Kier alpha value is -0.790. The molecule has 58 valence electrons. The van der Waals surface area contributed by atoms with E-state index in [1.54, 1.807) is 6.08 Å². The van der Waals surface area contributed by atoms with Crippen molar-refractivity contribution in [2.75, 3.05) is 7.05 Å². The fourth-order valence-electron chi connectivity index (χ4n) is 0.614. The number of nitrogens with zero attached hydrogens (tertiary/aromatic N) is 1. The third kappa shape index (κ3) is 3.28. The third-order valence-electron chi connectivity index (χ3n) is 1.70. The summed E-state index contributed by atoms with van der Waals surface area (Å²) in [5, 5.41) is 6.76. The fraction of sp³-hybridized carbons (Fsp3) is 0.625. The van der Waals surface area contributed by atoms with Gasteiger partial charge in [-0.3, -0.25) is 0 Å². The summed E-state index contributed by atoms with van der Waals surface area (Å²) in [6.45, 7) is 4.31. The summed E-state index contributed by atoms with van der Waals surface area (Å²) in [6.07, 6.45) is 6.07. The molecule has 0 aliphatic heterocycles. The van der Waals surface area contributed by atoms with Gasteiger partial charge in [0.05, 0.1) is 0 Å². The largest absolute Gasteiger partial charge is 0.378 e. The number of allylic oxidation sites excluding steroid dienone is 1. The molecule has 1 atom stereocenters. The molecule has 2 heteroatoms. The van der Waals surface area contributed by atoms with Gasteiger partial charge in [-0.25, -0.2) is 0 Å². The standard InChI is InChI=1S/C8H16N2/c1-4-8(2)10(3)7-5-6-9/h5-9H,4H2,1-3H3/b7-5-,9-6?. The first kappa shape index (κ1) is 9.21. The molecule has 2 nitrogen and oxygen atoms in total. The Morgan fingerprint density at radius 1 is 1.60 bits per heavy atom. The van der Waals surface area contributed by atoms with Crippen molar-refractivity contribution in [2.24, 2.45) is 0 Å². The van der Waals surface area contributed by atoms with Crippen molar-refractivity contribution in [3.8, 4) is 0 Å². The van der Waals surface area contributed by atoms with Crippen LogP contribution in [0.25, 0.3) is 0 Å². The van der Waals surface area contributed by atoms with E-state index in [9.17, 15) is 0 Å². The minimum Gasteiger partial charge on any atom is -0.378 e. The first-order valence-corrected chi connectivity index (χ1v) is 3.61. The molecule has 0 bridgehead atoms. The van der Waals surface area contributed by atoms with Crippen molar-refractivity contribution in [3.63, 3.8) is 0 Å². The highest BCUT2D eigenvalue weighted by atomic mass is 15.1. The summed E-state index contributed by atoms with van der Waals surface area (Å²) < 4.78 is 0. The van der Waals surface area contributed by atoms with E-state index in [2.05, 4.69) is 18.7 Å². The van der Waals surface area contributed by atoms with E-state index in [4.69, 9.17) is 5.41 Å². The van der Waals surface area contributed by atoms with Crippen molar-refractivity contribution in [1.82, 2.24) is 4.90 Å². The van der Waals surface area contributed by atoms with Gasteiger partial charge in [-0.2, -0.15) is 0 Å². The molecule has 0 fully saturated rings. The molecule has 0 radical (unpaired) electrons. The second-order valence-corrected chi connectivity index (χ2v) is 2.43. The molecule has 0 rings (SSSR count). The van der Waals surface area contributed by atoms with Gasteiger partial charge in [0.15, 0.2) is 0 Å². The molecular weight excluding hydrogens is 124 g/mol. The van der Waals surface area contributed by atoms with Crippen LogP contribution in [0.4, 0.5) is 0 Å². The van der Waals surface area contributed by atoms with Crippen molar-refractivity contribution < 1.29 is 0 Å². The maximum absolute atomic E-state index is 6.76. The fourth-order valence-corrected chi connectivity index (χ4v) is 0.614. The molecule has 0 saturated heterocycles. The zero-order valence-corrected chi connectivity index (χ0v) is 6.96. The Morgan fingerprint density at radius 2 is 2.20 bits per heavy atom. The Morgan fingerprint density at radius 3 is 2.60 bits per heavy atom. The van der Waals surface area contributed by atoms with Crippen LogP contribution < -0.4 is 0 Å². The molecule has 0 aliphatic rings. The van der Waals surface area contributed by atoms with Crippen LogP contribution in [-0.2, 0) is 0 Å². The molecule has 0 aromatic heterocycles. The Kier molecular flexibility index (Phi) is 4.63. The van der Waals surface area contributed by atoms with Crippen LogP contribution in [-0.4, -0.2) is 24.2 Å². The summed E-state index contributed by atoms with van der Waals surface area (Å²) in [5.74, 6) is 0. The van der Waals surface area contributed by atoms with Crippen LogP contribution in [0.1, 0.15) is 20.3 Å². The molecule has 0 aromatic carbocycles. The van der Waals surface area contributed by atoms with Crippen LogP contribution >= 0.6 is 0 Å². The quantitative estimate of drug-likeness (QED) is 0.593. The Bertz CT molecular complexity index is 118. The number of hydrogen-bond acceptors (Lipinski definition) is 2. The third-order valence-corrected chi connectivity index (χ3v) is 1.70. The number of hydrogen-bond donors (Lipinski definition) is 1. The van der Waals surface area contributed by atoms with E-state index in [1.165, 1.54) is 6.21 Å². The van der Waals surface area contributed by atoms with Crippen molar-refractivity contribution in [1.29, 1.82) is 5.41 Å². The minimum atomic E-state index is 0.566. The van der Waals surface area contributed by atoms with E-state index < -0.39 is 0 Å². The van der Waals surface area contributed by atoms with Crippen LogP contribution in [0.15, 0.2) is 12.3 Å². The molecule has 1 N–H and O–H groups in total. The molecular formula is C8H16N2. The average molecular weight is 140 g/mol. The van der Waals surface area contributed by atoms with E-state index in [0.29, 0.717) is 6.04 Å². The second kappa shape index (κ2) is 5.03. The van der Waals surface area contributed by atoms with Gasteiger partial charge >= 0.3 is 0 Å². The van der Waals surface area contributed by atoms with Crippen molar-refractivity contribution in [2.45, 2.75) is 26.3 Å². The molecule has 0 saturated carbocycles. The van der Waals surface area contributed by atoms with Crippen LogP contribution in [0.3, 0.4) is 0 Å². The molecule has 0 aliphatic carbocycles. The average Bonchev–Trinajstić information content (AvgIpc) is 1.98. The Labute approximate surface area is 63.0 Å². The molecule has 0 amide bonds. The minimum absolute atomic E-state index is 0.566. The summed E-state index contributed by atoms with van der Waals surface area (Å²) in [5.41, 5.74) is 0. The predicted molar refractivity (Wildman–Crippen MR) is 45.4 cm³/mol. The second-order valence-electron chi connectivity index (χ2n) is 2.43. The van der Waals surface area contributed by atoms with Gasteiger partial charge in [0.25, 0.3) is 0 Å². The summed E-state index contributed by atoms with van der Waals surface area (Å²) >= 11 is 0. The molecule has 1 unspecified atom stereocenters. The van der Waals surface area contributed by atoms with Gasteiger partial charge in [-0.15, -0.1) is 0 Å². The normalized spacial score (nSPS) is 13.5. The number of rotatable bonds is 4. The van der Waals surface area contributed by atoms with Crippen LogP contribution in [0.5, 0.6) is 0 Å². The zero-order valence-electron chi connectivity index (χ0n) is 6.96. The number of nitrogens with one attached hydrogen (secondary N) is 1. The first-order valence-electron chi connectivity index (χ1n) is 3.61. The highest BCUT2D eigenvalue weighted by Crippen LogP contribution is 1.99. The van der Waals surface area contributed by atoms with Gasteiger partial charge in [0.1, 0.15) is 0 Å². The lowest BCUT2D eigenvalue weighted by Gasteiger charge is -2.20. The molecule has 0 aromatic rings. The summed E-state index contributed by atoms with van der Waals surface area (Å²) in [7, 11) is 2.02. The highest BCUT2D eigenvalue weighted by Gasteiger charge is 1.98. The smallest absolute Gasteiger partial charge is 0.0250 e. The summed E-state index contributed by atoms with van der Waals surface area (Å²) in [4.78, 5) is 2.10. The van der Waals surface area contributed by atoms with E-state index in [0.717, 1.165) is 6.42 Å². The van der Waals surface area contributed by atoms with Gasteiger partial charge in [0.2, 0.25) is 0 Å². The SMILES string of the molecule is CCC(C)N(C)/C=C\C=N. The van der Waals surface area contributed by atoms with Gasteiger partial charge in [-0.1, -0.05) is 6.92 Å². The lowest BCUT2D eigenvalue weighted by molar-refractivity contribution is 0.344.